The van der Waals surface area contributed by atoms with E-state index in [1.54, 1.807) is 18.1 Å². The zero-order chi connectivity index (χ0) is 23.9. The fourth-order valence-electron chi connectivity index (χ4n) is 4.17. The normalized spacial score (nSPS) is 14.6. The van der Waals surface area contributed by atoms with E-state index in [0.29, 0.717) is 31.0 Å². The zero-order valence-electron chi connectivity index (χ0n) is 19.6. The highest BCUT2D eigenvalue weighted by atomic mass is 16.5. The number of amides is 2. The van der Waals surface area contributed by atoms with Crippen molar-refractivity contribution in [2.45, 2.75) is 38.9 Å². The second kappa shape index (κ2) is 10.9. The maximum absolute atomic E-state index is 13.4. The van der Waals surface area contributed by atoms with Crippen molar-refractivity contribution >= 4 is 11.8 Å². The minimum Gasteiger partial charge on any atom is -0.496 e. The number of methoxy groups -OCH3 is 1. The first-order chi connectivity index (χ1) is 16.6. The van der Waals surface area contributed by atoms with Gasteiger partial charge >= 0.3 is 0 Å². The van der Waals surface area contributed by atoms with Crippen molar-refractivity contribution in [3.63, 3.8) is 0 Å². The number of fused-ring (bicyclic) bond motifs is 1. The Hall–Kier alpha value is -3.80. The average Bonchev–Trinajstić information content (AvgIpc) is 3.15. The van der Waals surface area contributed by atoms with E-state index in [0.717, 1.165) is 35.3 Å². The maximum atomic E-state index is 13.4. The molecule has 0 fully saturated rings. The summed E-state index contributed by atoms with van der Waals surface area (Å²) >= 11 is 0. The minimum atomic E-state index is -0.695. The summed E-state index contributed by atoms with van der Waals surface area (Å²) in [6.07, 6.45) is 2.09. The minimum absolute atomic E-state index is 0.142. The number of para-hydroxylation sites is 1. The average molecular weight is 459 g/mol. The number of nitrogens with zero attached hydrogens (tertiary/aromatic N) is 1. The number of unbranched alkanes of at least 4 members (excludes halogenated alkanes) is 1. The molecule has 3 aromatic rings. The molecule has 1 aliphatic rings. The van der Waals surface area contributed by atoms with Gasteiger partial charge in [0, 0.05) is 24.2 Å². The van der Waals surface area contributed by atoms with E-state index in [1.807, 2.05) is 66.7 Å². The molecule has 3 aromatic carbocycles. The van der Waals surface area contributed by atoms with Crippen LogP contribution in [-0.4, -0.2) is 30.4 Å². The van der Waals surface area contributed by atoms with E-state index >= 15 is 0 Å². The molecule has 1 N–H and O–H groups in total. The Balaban J connectivity index is 1.51. The lowest BCUT2D eigenvalue weighted by Crippen LogP contribution is -2.38. The van der Waals surface area contributed by atoms with Crippen LogP contribution in [0.3, 0.4) is 0 Å². The van der Waals surface area contributed by atoms with Crippen LogP contribution in [0.15, 0.2) is 72.8 Å². The van der Waals surface area contributed by atoms with Gasteiger partial charge < -0.3 is 19.7 Å². The number of rotatable bonds is 10. The van der Waals surface area contributed by atoms with E-state index in [9.17, 15) is 9.59 Å². The smallest absolute Gasteiger partial charge is 0.255 e. The fourth-order valence-corrected chi connectivity index (χ4v) is 4.17. The van der Waals surface area contributed by atoms with Crippen molar-refractivity contribution < 1.29 is 19.1 Å². The second-order valence-corrected chi connectivity index (χ2v) is 8.30. The van der Waals surface area contributed by atoms with Gasteiger partial charge in [-0.1, -0.05) is 61.9 Å². The van der Waals surface area contributed by atoms with Crippen LogP contribution in [0, 0.1) is 0 Å². The molecule has 0 aromatic heterocycles. The topological polar surface area (TPSA) is 67.9 Å². The second-order valence-electron chi connectivity index (χ2n) is 8.30. The van der Waals surface area contributed by atoms with Crippen LogP contribution < -0.4 is 14.8 Å². The molecule has 0 saturated heterocycles. The lowest BCUT2D eigenvalue weighted by molar-refractivity contribution is -0.125. The van der Waals surface area contributed by atoms with E-state index < -0.39 is 6.04 Å². The number of hydrogen-bond acceptors (Lipinski definition) is 4. The van der Waals surface area contributed by atoms with E-state index in [4.69, 9.17) is 9.47 Å². The lowest BCUT2D eigenvalue weighted by Gasteiger charge is -2.25. The van der Waals surface area contributed by atoms with Crippen molar-refractivity contribution in [3.8, 4) is 11.5 Å². The van der Waals surface area contributed by atoms with Gasteiger partial charge in [-0.15, -0.1) is 0 Å². The molecule has 1 aliphatic heterocycles. The Labute approximate surface area is 200 Å². The molecule has 6 heteroatoms. The third kappa shape index (κ3) is 5.06. The van der Waals surface area contributed by atoms with Crippen LogP contribution >= 0.6 is 0 Å². The van der Waals surface area contributed by atoms with Crippen LogP contribution in [-0.2, 0) is 17.9 Å². The Kier molecular flexibility index (Phi) is 7.48. The molecule has 176 valence electrons. The third-order valence-corrected chi connectivity index (χ3v) is 6.00. The highest BCUT2D eigenvalue weighted by Gasteiger charge is 2.40. The Morgan fingerprint density at radius 2 is 1.74 bits per heavy atom. The first kappa shape index (κ1) is 23.4. The maximum Gasteiger partial charge on any atom is 0.255 e. The van der Waals surface area contributed by atoms with Gasteiger partial charge in [-0.3, -0.25) is 9.59 Å². The summed E-state index contributed by atoms with van der Waals surface area (Å²) < 4.78 is 11.1. The molecular weight excluding hydrogens is 428 g/mol. The highest BCUT2D eigenvalue weighted by molar-refractivity contribution is 6.04. The van der Waals surface area contributed by atoms with E-state index in [-0.39, 0.29) is 11.8 Å². The molecule has 4 rings (SSSR count). The number of nitrogens with one attached hydrogen (secondary N) is 1. The van der Waals surface area contributed by atoms with E-state index in [2.05, 4.69) is 12.2 Å². The summed E-state index contributed by atoms with van der Waals surface area (Å²) in [6, 6.07) is 21.9. The molecule has 2 amide bonds. The number of hydrogen-bond donors (Lipinski definition) is 1. The van der Waals surface area contributed by atoms with Gasteiger partial charge in [0.05, 0.1) is 13.7 Å². The molecule has 0 aliphatic carbocycles. The van der Waals surface area contributed by atoms with Crippen LogP contribution in [0.1, 0.15) is 52.9 Å². The Bertz CT molecular complexity index is 1140. The van der Waals surface area contributed by atoms with Crippen molar-refractivity contribution in [1.82, 2.24) is 10.2 Å². The summed E-state index contributed by atoms with van der Waals surface area (Å²) in [5.74, 6) is 1.16. The van der Waals surface area contributed by atoms with Crippen molar-refractivity contribution in [1.29, 1.82) is 0 Å². The molecule has 0 saturated carbocycles. The molecule has 1 heterocycles. The lowest BCUT2D eigenvalue weighted by atomic mass is 10.0. The molecule has 0 radical (unpaired) electrons. The van der Waals surface area contributed by atoms with Crippen molar-refractivity contribution in [2.75, 3.05) is 13.7 Å². The molecule has 0 spiro atoms. The SMILES string of the molecule is CCCCOc1ccc(CN2C(=O)c3ccccc3[C@@H]2C(=O)NCc2ccccc2OC)cc1. The largest absolute Gasteiger partial charge is 0.496 e. The van der Waals surface area contributed by atoms with Gasteiger partial charge in [0.2, 0.25) is 5.91 Å². The van der Waals surface area contributed by atoms with Crippen LogP contribution in [0.5, 0.6) is 11.5 Å². The van der Waals surface area contributed by atoms with Gasteiger partial charge in [-0.25, -0.2) is 0 Å². The third-order valence-electron chi connectivity index (χ3n) is 6.00. The fraction of sp³-hybridized carbons (Fsp3) is 0.286. The van der Waals surface area contributed by atoms with Crippen LogP contribution in [0.25, 0.3) is 0 Å². The van der Waals surface area contributed by atoms with Gasteiger partial charge in [-0.05, 0) is 41.8 Å². The molecule has 34 heavy (non-hydrogen) atoms. The Morgan fingerprint density at radius 3 is 2.50 bits per heavy atom. The van der Waals surface area contributed by atoms with Gasteiger partial charge in [-0.2, -0.15) is 0 Å². The first-order valence-corrected chi connectivity index (χ1v) is 11.6. The summed E-state index contributed by atoms with van der Waals surface area (Å²) in [5, 5.41) is 3.00. The monoisotopic (exact) mass is 458 g/mol. The molecular formula is C28H30N2O4. The van der Waals surface area contributed by atoms with Crippen LogP contribution in [0.4, 0.5) is 0 Å². The van der Waals surface area contributed by atoms with Gasteiger partial charge in [0.1, 0.15) is 17.5 Å². The van der Waals surface area contributed by atoms with Gasteiger partial charge in [0.15, 0.2) is 0 Å². The molecule has 0 unspecified atom stereocenters. The van der Waals surface area contributed by atoms with Crippen molar-refractivity contribution in [2.24, 2.45) is 0 Å². The quantitative estimate of drug-likeness (QED) is 0.440. The van der Waals surface area contributed by atoms with Crippen LogP contribution in [0.2, 0.25) is 0 Å². The van der Waals surface area contributed by atoms with Crippen molar-refractivity contribution in [3.05, 3.63) is 95.1 Å². The zero-order valence-corrected chi connectivity index (χ0v) is 19.6. The number of benzene rings is 3. The summed E-state index contributed by atoms with van der Waals surface area (Å²) in [7, 11) is 1.61. The Morgan fingerprint density at radius 1 is 1.00 bits per heavy atom. The highest BCUT2D eigenvalue weighted by Crippen LogP contribution is 2.35. The molecule has 6 nitrogen and oxygen atoms in total. The number of carbonyl (C=O) groups is 2. The molecule has 0 bridgehead atoms. The summed E-state index contributed by atoms with van der Waals surface area (Å²) in [6.45, 7) is 3.45. The number of ether oxygens (including phenoxy) is 2. The summed E-state index contributed by atoms with van der Waals surface area (Å²) in [5.41, 5.74) is 3.11. The van der Waals surface area contributed by atoms with Gasteiger partial charge in [0.25, 0.3) is 5.91 Å². The standard InChI is InChI=1S/C28H30N2O4/c1-3-4-17-34-22-15-13-20(14-16-22)19-30-26(23-10-6-7-11-24(23)28(30)32)27(31)29-18-21-9-5-8-12-25(21)33-2/h5-16,26H,3-4,17-19H2,1-2H3,(H,29,31)/t26-/m1/s1. The predicted octanol–water partition coefficient (Wildman–Crippen LogP) is 4.89. The first-order valence-electron chi connectivity index (χ1n) is 11.6. The predicted molar refractivity (Wildman–Crippen MR) is 131 cm³/mol. The molecule has 1 atom stereocenters. The van der Waals surface area contributed by atoms with E-state index in [1.165, 1.54) is 0 Å². The number of carbonyl (C=O) groups excluding carboxylic acids is 2. The summed E-state index contributed by atoms with van der Waals surface area (Å²) in [4.78, 5) is 28.2.